The predicted octanol–water partition coefficient (Wildman–Crippen LogP) is -0.710. The summed E-state index contributed by atoms with van der Waals surface area (Å²) in [5.74, 6) is 0. The van der Waals surface area contributed by atoms with Crippen molar-refractivity contribution in [3.63, 3.8) is 0 Å². The molecule has 2 rings (SSSR count). The molecule has 2 aromatic rings. The van der Waals surface area contributed by atoms with E-state index in [4.69, 9.17) is 5.41 Å². The molecular weight excluding hydrogens is 150 g/mol. The van der Waals surface area contributed by atoms with E-state index in [9.17, 15) is 0 Å². The molecule has 0 radical (unpaired) electrons. The van der Waals surface area contributed by atoms with E-state index in [1.165, 1.54) is 0 Å². The molecule has 0 atom stereocenters. The van der Waals surface area contributed by atoms with Crippen LogP contribution in [0.2, 0.25) is 0 Å². The van der Waals surface area contributed by atoms with Crippen molar-refractivity contribution in [2.75, 3.05) is 0 Å². The van der Waals surface area contributed by atoms with Gasteiger partial charge >= 0.3 is 5.49 Å². The van der Waals surface area contributed by atoms with Gasteiger partial charge in [0.2, 0.25) is 0 Å². The molecule has 0 aliphatic carbocycles. The third-order valence-electron chi connectivity index (χ3n) is 1.61. The fourth-order valence-corrected chi connectivity index (χ4v) is 1.06. The summed E-state index contributed by atoms with van der Waals surface area (Å²) in [6.07, 6.45) is 3.29. The van der Waals surface area contributed by atoms with Gasteiger partial charge in [-0.25, -0.2) is 0 Å². The van der Waals surface area contributed by atoms with Gasteiger partial charge < -0.3 is 0 Å². The van der Waals surface area contributed by atoms with Crippen LogP contribution >= 0.6 is 0 Å². The normalized spacial score (nSPS) is 10.0. The van der Waals surface area contributed by atoms with E-state index in [0.717, 1.165) is 10.9 Å². The topological polar surface area (TPSA) is 51.4 Å². The molecule has 3 nitrogen and oxygen atoms in total. The summed E-state index contributed by atoms with van der Waals surface area (Å²) >= 11 is 0. The number of rotatable bonds is 0. The van der Waals surface area contributed by atoms with Gasteiger partial charge in [0.1, 0.15) is 6.20 Å². The Balaban J connectivity index is 2.98. The van der Waals surface area contributed by atoms with E-state index in [0.29, 0.717) is 5.49 Å². The highest BCUT2D eigenvalue weighted by atomic mass is 14.8. The summed E-state index contributed by atoms with van der Waals surface area (Å²) < 4.78 is 0. The van der Waals surface area contributed by atoms with Crippen LogP contribution < -0.4 is 10.9 Å². The fraction of sp³-hybridized carbons (Fsp3) is 0. The zero-order chi connectivity index (χ0) is 8.39. The number of nitrogens with two attached hydrogens (primary N) is 1. The van der Waals surface area contributed by atoms with Gasteiger partial charge in [0.25, 0.3) is 0 Å². The minimum absolute atomic E-state index is 0.441. The minimum atomic E-state index is 0.441. The lowest BCUT2D eigenvalue weighted by Crippen LogP contribution is -2.46. The van der Waals surface area contributed by atoms with E-state index in [-0.39, 0.29) is 0 Å². The Morgan fingerprint density at radius 3 is 2.83 bits per heavy atom. The van der Waals surface area contributed by atoms with Gasteiger partial charge in [0.15, 0.2) is 5.52 Å². The van der Waals surface area contributed by atoms with Crippen molar-refractivity contribution in [2.24, 2.45) is 0 Å². The molecule has 0 aliphatic heterocycles. The van der Waals surface area contributed by atoms with E-state index in [1.807, 2.05) is 24.3 Å². The molecule has 3 heteroatoms. The van der Waals surface area contributed by atoms with Crippen molar-refractivity contribution in [3.8, 4) is 0 Å². The van der Waals surface area contributed by atoms with Crippen LogP contribution in [0.25, 0.3) is 10.9 Å². The summed E-state index contributed by atoms with van der Waals surface area (Å²) in [4.78, 5) is 8.14. The molecule has 0 bridgehead atoms. The largest absolute Gasteiger partial charge is 0.333 e. The number of hydrogen-bond acceptors (Lipinski definition) is 2. The molecule has 0 aliphatic rings. The molecule has 0 fully saturated rings. The van der Waals surface area contributed by atoms with Crippen molar-refractivity contribution in [1.29, 1.82) is 0 Å². The second-order valence-electron chi connectivity index (χ2n) is 2.50. The average Bonchev–Trinajstić information content (AvgIpc) is 2.25. The van der Waals surface area contributed by atoms with Gasteiger partial charge in [0, 0.05) is 11.6 Å². The summed E-state index contributed by atoms with van der Waals surface area (Å²) in [5, 5.41) is 6.52. The maximum Gasteiger partial charge on any atom is 0.333 e. The van der Waals surface area contributed by atoms with Crippen LogP contribution in [0.1, 0.15) is 0 Å². The maximum absolute atomic E-state index is 5.53. The van der Waals surface area contributed by atoms with Crippen molar-refractivity contribution in [1.82, 2.24) is 9.97 Å². The van der Waals surface area contributed by atoms with Crippen molar-refractivity contribution < 1.29 is 5.41 Å². The number of aromatic nitrogens is 2. The smallest absolute Gasteiger partial charge is 0.282 e. The Hall–Kier alpha value is -1.77. The van der Waals surface area contributed by atoms with E-state index in [2.05, 4.69) is 9.97 Å². The number of nitrogens with zero attached hydrogens (tertiary/aromatic N) is 2. The molecule has 2 N–H and O–H groups in total. The Kier molecular flexibility index (Phi) is 1.55. The molecular formula is C9H8N3+. The Morgan fingerprint density at radius 2 is 1.92 bits per heavy atom. The Morgan fingerprint density at radius 1 is 1.08 bits per heavy atom. The molecule has 58 valence electrons. The van der Waals surface area contributed by atoms with Crippen molar-refractivity contribution >= 4 is 10.9 Å². The third kappa shape index (κ3) is 1.16. The fourth-order valence-electron chi connectivity index (χ4n) is 1.06. The molecule has 0 spiro atoms. The van der Waals surface area contributed by atoms with Gasteiger partial charge in [-0.15, -0.1) is 0 Å². The van der Waals surface area contributed by atoms with E-state index < -0.39 is 0 Å². The zero-order valence-electron chi connectivity index (χ0n) is 6.44. The first-order valence-electron chi connectivity index (χ1n) is 3.66. The highest BCUT2D eigenvalue weighted by Crippen LogP contribution is 2.04. The molecule has 0 saturated carbocycles. The van der Waals surface area contributed by atoms with Crippen LogP contribution in [0.5, 0.6) is 0 Å². The van der Waals surface area contributed by atoms with Crippen LogP contribution in [0.15, 0.2) is 36.7 Å². The lowest BCUT2D eigenvalue weighted by molar-refractivity contribution is -0.178. The first kappa shape index (κ1) is 6.91. The summed E-state index contributed by atoms with van der Waals surface area (Å²) in [5.41, 5.74) is 1.31. The second-order valence-corrected chi connectivity index (χ2v) is 2.50. The van der Waals surface area contributed by atoms with E-state index in [1.54, 1.807) is 12.4 Å². The van der Waals surface area contributed by atoms with Gasteiger partial charge in [0.05, 0.1) is 0 Å². The highest BCUT2D eigenvalue weighted by Gasteiger charge is 1.95. The molecule has 1 aromatic carbocycles. The van der Waals surface area contributed by atoms with Crippen LogP contribution in [-0.2, 0) is 0 Å². The van der Waals surface area contributed by atoms with Gasteiger partial charge in [-0.2, -0.15) is 0 Å². The van der Waals surface area contributed by atoms with Crippen LogP contribution in [-0.4, -0.2) is 9.97 Å². The number of hydrogen-bond donors (Lipinski definition) is 1. The van der Waals surface area contributed by atoms with Crippen molar-refractivity contribution in [3.05, 3.63) is 42.1 Å². The van der Waals surface area contributed by atoms with E-state index >= 15 is 0 Å². The highest BCUT2D eigenvalue weighted by molar-refractivity contribution is 5.76. The zero-order valence-corrected chi connectivity index (χ0v) is 6.44. The third-order valence-corrected chi connectivity index (χ3v) is 1.61. The average molecular weight is 158 g/mol. The molecule has 1 aromatic heterocycles. The second kappa shape index (κ2) is 2.70. The van der Waals surface area contributed by atoms with Crippen molar-refractivity contribution in [2.45, 2.75) is 0 Å². The predicted molar refractivity (Wildman–Crippen MR) is 44.6 cm³/mol. The number of benzene rings is 1. The minimum Gasteiger partial charge on any atom is -0.282 e. The molecule has 0 saturated heterocycles. The lowest BCUT2D eigenvalue weighted by atomic mass is 10.2. The molecule has 0 amide bonds. The Bertz CT molecular complexity index is 465. The summed E-state index contributed by atoms with van der Waals surface area (Å²) in [6, 6.07) is 7.73. The van der Waals surface area contributed by atoms with Gasteiger partial charge in [-0.05, 0) is 17.1 Å². The van der Waals surface area contributed by atoms with Gasteiger partial charge in [-0.3, -0.25) is 10.4 Å². The SMILES string of the molecule is [NH2+]=c1cncc2ccccc2n1. The monoisotopic (exact) mass is 158 g/mol. The standard InChI is InChI=1S/C9H7N3/c10-9-6-11-5-7-3-1-2-4-8(7)12-9/h1-6,10H/p+1. The number of para-hydroxylation sites is 1. The Labute approximate surface area is 69.2 Å². The van der Waals surface area contributed by atoms with Crippen LogP contribution in [0.3, 0.4) is 0 Å². The molecule has 1 heterocycles. The lowest BCUT2D eigenvalue weighted by Gasteiger charge is -1.81. The summed E-state index contributed by atoms with van der Waals surface area (Å²) in [6.45, 7) is 0. The van der Waals surface area contributed by atoms with Crippen LogP contribution in [0, 0.1) is 0 Å². The summed E-state index contributed by atoms with van der Waals surface area (Å²) in [7, 11) is 0. The maximum atomic E-state index is 5.53. The molecule has 12 heavy (non-hydrogen) atoms. The van der Waals surface area contributed by atoms with Crippen LogP contribution in [0.4, 0.5) is 0 Å². The quantitative estimate of drug-likeness (QED) is 0.550. The first-order valence-corrected chi connectivity index (χ1v) is 3.66. The number of fused-ring (bicyclic) bond motifs is 1. The first-order chi connectivity index (χ1) is 5.86. The molecule has 0 unspecified atom stereocenters. The van der Waals surface area contributed by atoms with Gasteiger partial charge in [-0.1, -0.05) is 12.1 Å².